The Morgan fingerprint density at radius 1 is 1.33 bits per heavy atom. The molecule has 1 heterocycles. The first kappa shape index (κ1) is 12.3. The fourth-order valence-electron chi connectivity index (χ4n) is 1.75. The monoisotopic (exact) mass is 244 g/mol. The molecule has 0 aliphatic rings. The zero-order chi connectivity index (χ0) is 13.1. The summed E-state index contributed by atoms with van der Waals surface area (Å²) in [5, 5.41) is 10.7. The molecule has 0 unspecified atom stereocenters. The number of carbonyl (C=O) groups excluding carboxylic acids is 1. The lowest BCUT2D eigenvalue weighted by atomic mass is 10.0. The van der Waals surface area contributed by atoms with Crippen LogP contribution in [0.15, 0.2) is 30.5 Å². The van der Waals surface area contributed by atoms with Crippen molar-refractivity contribution in [3.63, 3.8) is 0 Å². The Hall–Kier alpha value is -2.17. The number of amides is 1. The number of aromatic nitrogens is 3. The highest BCUT2D eigenvalue weighted by atomic mass is 16.2. The van der Waals surface area contributed by atoms with Crippen LogP contribution in [0.3, 0.4) is 0 Å². The average molecular weight is 244 g/mol. The van der Waals surface area contributed by atoms with E-state index in [0.717, 1.165) is 11.3 Å². The number of para-hydroxylation sites is 1. The van der Waals surface area contributed by atoms with Crippen molar-refractivity contribution in [3.05, 3.63) is 41.7 Å². The predicted molar refractivity (Wildman–Crippen MR) is 69.5 cm³/mol. The maximum Gasteiger partial charge on any atom is 0.277 e. The third-order valence-electron chi connectivity index (χ3n) is 2.66. The molecular formula is C13H16N4O. The quantitative estimate of drug-likeness (QED) is 0.900. The number of nitrogens with one attached hydrogen (secondary N) is 1. The Morgan fingerprint density at radius 3 is 2.67 bits per heavy atom. The molecule has 2 aromatic rings. The van der Waals surface area contributed by atoms with E-state index < -0.39 is 0 Å². The van der Waals surface area contributed by atoms with Gasteiger partial charge in [-0.2, -0.15) is 9.90 Å². The van der Waals surface area contributed by atoms with Crippen molar-refractivity contribution in [2.24, 2.45) is 7.05 Å². The van der Waals surface area contributed by atoms with Gasteiger partial charge in [-0.25, -0.2) is 0 Å². The van der Waals surface area contributed by atoms with E-state index in [4.69, 9.17) is 0 Å². The molecule has 18 heavy (non-hydrogen) atoms. The van der Waals surface area contributed by atoms with Gasteiger partial charge in [0.1, 0.15) is 0 Å². The minimum atomic E-state index is -0.240. The zero-order valence-electron chi connectivity index (χ0n) is 10.7. The van der Waals surface area contributed by atoms with Gasteiger partial charge in [-0.3, -0.25) is 4.79 Å². The van der Waals surface area contributed by atoms with Crippen molar-refractivity contribution in [3.8, 4) is 0 Å². The van der Waals surface area contributed by atoms with Crippen LogP contribution in [0.1, 0.15) is 35.8 Å². The number of nitrogens with zero attached hydrogens (tertiary/aromatic N) is 3. The summed E-state index contributed by atoms with van der Waals surface area (Å²) in [6.45, 7) is 4.18. The van der Waals surface area contributed by atoms with Gasteiger partial charge in [-0.15, -0.1) is 5.10 Å². The van der Waals surface area contributed by atoms with E-state index in [-0.39, 0.29) is 5.91 Å². The minimum absolute atomic E-state index is 0.240. The van der Waals surface area contributed by atoms with Crippen LogP contribution in [0.2, 0.25) is 0 Å². The number of rotatable bonds is 3. The second-order valence-corrected chi connectivity index (χ2v) is 4.42. The number of hydrogen-bond acceptors (Lipinski definition) is 3. The maximum absolute atomic E-state index is 12.0. The van der Waals surface area contributed by atoms with Crippen LogP contribution < -0.4 is 5.32 Å². The van der Waals surface area contributed by atoms with Gasteiger partial charge in [0.05, 0.1) is 6.20 Å². The second kappa shape index (κ2) is 5.00. The highest BCUT2D eigenvalue weighted by molar-refractivity contribution is 6.03. The van der Waals surface area contributed by atoms with Crippen LogP contribution in [0.5, 0.6) is 0 Å². The molecule has 0 aliphatic carbocycles. The Bertz CT molecular complexity index is 560. The molecule has 0 aliphatic heterocycles. The molecule has 0 bridgehead atoms. The van der Waals surface area contributed by atoms with Gasteiger partial charge in [0, 0.05) is 12.7 Å². The molecule has 0 saturated carbocycles. The van der Waals surface area contributed by atoms with Gasteiger partial charge < -0.3 is 5.32 Å². The number of anilines is 1. The van der Waals surface area contributed by atoms with E-state index >= 15 is 0 Å². The number of aryl methyl sites for hydroxylation is 1. The first-order valence-corrected chi connectivity index (χ1v) is 5.84. The molecule has 0 spiro atoms. The highest BCUT2D eigenvalue weighted by Gasteiger charge is 2.13. The van der Waals surface area contributed by atoms with Crippen molar-refractivity contribution in [2.45, 2.75) is 19.8 Å². The summed E-state index contributed by atoms with van der Waals surface area (Å²) < 4.78 is 0. The molecule has 1 N–H and O–H groups in total. The number of benzene rings is 1. The lowest BCUT2D eigenvalue weighted by Gasteiger charge is -2.12. The van der Waals surface area contributed by atoms with Crippen LogP contribution in [0.4, 0.5) is 5.69 Å². The molecule has 5 heteroatoms. The van der Waals surface area contributed by atoms with Crippen LogP contribution in [-0.2, 0) is 7.05 Å². The predicted octanol–water partition coefficient (Wildman–Crippen LogP) is 2.19. The topological polar surface area (TPSA) is 59.8 Å². The Labute approximate surface area is 106 Å². The summed E-state index contributed by atoms with van der Waals surface area (Å²) in [5.41, 5.74) is 2.24. The van der Waals surface area contributed by atoms with E-state index in [9.17, 15) is 4.79 Å². The molecular weight excluding hydrogens is 228 g/mol. The lowest BCUT2D eigenvalue weighted by Crippen LogP contribution is -2.14. The molecule has 0 saturated heterocycles. The van der Waals surface area contributed by atoms with Crippen LogP contribution in [0.25, 0.3) is 0 Å². The maximum atomic E-state index is 12.0. The average Bonchev–Trinajstić information content (AvgIpc) is 2.76. The molecule has 5 nitrogen and oxygen atoms in total. The number of hydrogen-bond donors (Lipinski definition) is 1. The van der Waals surface area contributed by atoms with Crippen LogP contribution in [-0.4, -0.2) is 20.9 Å². The summed E-state index contributed by atoms with van der Waals surface area (Å²) >= 11 is 0. The van der Waals surface area contributed by atoms with Crippen molar-refractivity contribution in [1.82, 2.24) is 15.0 Å². The highest BCUT2D eigenvalue weighted by Crippen LogP contribution is 2.23. The van der Waals surface area contributed by atoms with Gasteiger partial charge in [-0.05, 0) is 17.5 Å². The minimum Gasteiger partial charge on any atom is -0.320 e. The normalized spacial score (nSPS) is 10.7. The fourth-order valence-corrected chi connectivity index (χ4v) is 1.75. The van der Waals surface area contributed by atoms with Gasteiger partial charge >= 0.3 is 0 Å². The van der Waals surface area contributed by atoms with Crippen molar-refractivity contribution in [1.29, 1.82) is 0 Å². The van der Waals surface area contributed by atoms with E-state index in [0.29, 0.717) is 11.6 Å². The first-order valence-electron chi connectivity index (χ1n) is 5.84. The summed E-state index contributed by atoms with van der Waals surface area (Å²) in [6.07, 6.45) is 1.45. The Kier molecular flexibility index (Phi) is 3.41. The van der Waals surface area contributed by atoms with E-state index in [1.54, 1.807) is 7.05 Å². The zero-order valence-corrected chi connectivity index (χ0v) is 10.7. The Morgan fingerprint density at radius 2 is 2.06 bits per heavy atom. The van der Waals surface area contributed by atoms with Gasteiger partial charge in [-0.1, -0.05) is 32.0 Å². The third-order valence-corrected chi connectivity index (χ3v) is 2.66. The molecule has 1 aromatic heterocycles. The van der Waals surface area contributed by atoms with Crippen molar-refractivity contribution in [2.75, 3.05) is 5.32 Å². The molecule has 2 rings (SSSR count). The molecule has 94 valence electrons. The Balaban J connectivity index is 2.22. The fraction of sp³-hybridized carbons (Fsp3) is 0.308. The van der Waals surface area contributed by atoms with E-state index in [2.05, 4.69) is 29.4 Å². The SMILES string of the molecule is CC(C)c1ccccc1NC(=O)c1cnn(C)n1. The van der Waals surface area contributed by atoms with Crippen LogP contribution in [0, 0.1) is 0 Å². The van der Waals surface area contributed by atoms with E-state index in [1.165, 1.54) is 11.0 Å². The van der Waals surface area contributed by atoms with Crippen LogP contribution >= 0.6 is 0 Å². The van der Waals surface area contributed by atoms with Crippen molar-refractivity contribution >= 4 is 11.6 Å². The largest absolute Gasteiger partial charge is 0.320 e. The van der Waals surface area contributed by atoms with Crippen molar-refractivity contribution < 1.29 is 4.79 Å². The van der Waals surface area contributed by atoms with E-state index in [1.807, 2.05) is 24.3 Å². The smallest absolute Gasteiger partial charge is 0.277 e. The van der Waals surface area contributed by atoms with Gasteiger partial charge in [0.25, 0.3) is 5.91 Å². The molecule has 0 radical (unpaired) electrons. The van der Waals surface area contributed by atoms with Gasteiger partial charge in [0.15, 0.2) is 5.69 Å². The third kappa shape index (κ3) is 2.56. The summed E-state index contributed by atoms with van der Waals surface area (Å²) in [4.78, 5) is 13.3. The van der Waals surface area contributed by atoms with Gasteiger partial charge in [0.2, 0.25) is 0 Å². The molecule has 0 fully saturated rings. The lowest BCUT2D eigenvalue weighted by molar-refractivity contribution is 0.102. The molecule has 0 atom stereocenters. The molecule has 1 amide bonds. The summed E-state index contributed by atoms with van der Waals surface area (Å²) in [6, 6.07) is 7.77. The number of carbonyl (C=O) groups is 1. The second-order valence-electron chi connectivity index (χ2n) is 4.42. The standard InChI is InChI=1S/C13H16N4O/c1-9(2)10-6-4-5-7-11(10)15-13(18)12-8-14-17(3)16-12/h4-9H,1-3H3,(H,15,18). The molecule has 1 aromatic carbocycles. The summed E-state index contributed by atoms with van der Waals surface area (Å²) in [7, 11) is 1.68. The summed E-state index contributed by atoms with van der Waals surface area (Å²) in [5.74, 6) is 0.111. The first-order chi connectivity index (χ1) is 8.58.